The monoisotopic (exact) mass is 383 g/mol. The summed E-state index contributed by atoms with van der Waals surface area (Å²) in [5, 5.41) is 4.43. The van der Waals surface area contributed by atoms with E-state index in [1.807, 2.05) is 30.3 Å². The molecule has 0 bridgehead atoms. The minimum atomic E-state index is -0.270. The molecule has 2 aromatic carbocycles. The minimum Gasteiger partial charge on any atom is -0.496 e. The molecule has 0 N–H and O–H groups in total. The Morgan fingerprint density at radius 2 is 2.07 bits per heavy atom. The maximum atomic E-state index is 13.0. The van der Waals surface area contributed by atoms with Gasteiger partial charge < -0.3 is 14.2 Å². The molecule has 0 spiro atoms. The van der Waals surface area contributed by atoms with Gasteiger partial charge in [0, 0.05) is 17.1 Å². The van der Waals surface area contributed by atoms with Gasteiger partial charge in [-0.25, -0.2) is 0 Å². The highest BCUT2D eigenvalue weighted by molar-refractivity contribution is 6.31. The average molecular weight is 384 g/mol. The number of aromatic nitrogens is 2. The van der Waals surface area contributed by atoms with Gasteiger partial charge in [0.05, 0.1) is 12.7 Å². The van der Waals surface area contributed by atoms with Gasteiger partial charge in [0.25, 0.3) is 5.91 Å². The van der Waals surface area contributed by atoms with E-state index in [0.29, 0.717) is 34.6 Å². The number of methoxy groups -OCH3 is 1. The van der Waals surface area contributed by atoms with Crippen LogP contribution in [-0.2, 0) is 6.54 Å². The third kappa shape index (κ3) is 4.35. The summed E-state index contributed by atoms with van der Waals surface area (Å²) < 4.78 is 10.6. The molecule has 3 rings (SSSR count). The Bertz CT molecular complexity index is 941. The Kier molecular flexibility index (Phi) is 5.88. The Hall–Kier alpha value is -3.12. The molecular weight excluding hydrogens is 366 g/mol. The van der Waals surface area contributed by atoms with Gasteiger partial charge >= 0.3 is 0 Å². The van der Waals surface area contributed by atoms with Gasteiger partial charge in [-0.15, -0.1) is 6.58 Å². The van der Waals surface area contributed by atoms with Crippen LogP contribution >= 0.6 is 11.6 Å². The van der Waals surface area contributed by atoms with Crippen LogP contribution in [0.5, 0.6) is 5.75 Å². The number of hydrogen-bond acceptors (Lipinski definition) is 5. The van der Waals surface area contributed by atoms with E-state index in [2.05, 4.69) is 16.7 Å². The van der Waals surface area contributed by atoms with Gasteiger partial charge in [0.15, 0.2) is 0 Å². The molecule has 1 aromatic heterocycles. The summed E-state index contributed by atoms with van der Waals surface area (Å²) in [6.45, 7) is 4.16. The normalized spacial score (nSPS) is 10.4. The van der Waals surface area contributed by atoms with Crippen LogP contribution in [0, 0.1) is 0 Å². The molecule has 0 aliphatic rings. The Balaban J connectivity index is 1.84. The molecule has 1 amide bonds. The van der Waals surface area contributed by atoms with E-state index in [4.69, 9.17) is 20.9 Å². The van der Waals surface area contributed by atoms with Crippen molar-refractivity contribution in [3.05, 3.63) is 77.7 Å². The molecule has 6 nitrogen and oxygen atoms in total. The fourth-order valence-electron chi connectivity index (χ4n) is 2.58. The summed E-state index contributed by atoms with van der Waals surface area (Å²) in [4.78, 5) is 18.9. The predicted octanol–water partition coefficient (Wildman–Crippen LogP) is 4.23. The van der Waals surface area contributed by atoms with Crippen LogP contribution in [0.25, 0.3) is 11.4 Å². The summed E-state index contributed by atoms with van der Waals surface area (Å²) in [7, 11) is 1.50. The fourth-order valence-corrected chi connectivity index (χ4v) is 2.75. The van der Waals surface area contributed by atoms with Crippen LogP contribution < -0.4 is 4.74 Å². The average Bonchev–Trinajstić information content (AvgIpc) is 3.16. The first-order chi connectivity index (χ1) is 13.1. The van der Waals surface area contributed by atoms with Crippen LogP contribution in [0.2, 0.25) is 5.02 Å². The first-order valence-corrected chi connectivity index (χ1v) is 8.62. The van der Waals surface area contributed by atoms with Crippen molar-refractivity contribution < 1.29 is 14.1 Å². The lowest BCUT2D eigenvalue weighted by Gasteiger charge is -2.20. The second-order valence-corrected chi connectivity index (χ2v) is 6.13. The molecule has 0 aliphatic carbocycles. The third-order valence-corrected chi connectivity index (χ3v) is 4.09. The number of nitrogens with zero attached hydrogens (tertiary/aromatic N) is 3. The second-order valence-electron chi connectivity index (χ2n) is 5.70. The first kappa shape index (κ1) is 18.7. The van der Waals surface area contributed by atoms with E-state index in [1.165, 1.54) is 12.0 Å². The first-order valence-electron chi connectivity index (χ1n) is 8.24. The van der Waals surface area contributed by atoms with Crippen molar-refractivity contribution in [3.8, 4) is 17.1 Å². The quantitative estimate of drug-likeness (QED) is 0.571. The summed E-state index contributed by atoms with van der Waals surface area (Å²) in [6.07, 6.45) is 1.63. The zero-order valence-corrected chi connectivity index (χ0v) is 15.5. The predicted molar refractivity (Wildman–Crippen MR) is 103 cm³/mol. The minimum absolute atomic E-state index is 0.139. The molecule has 1 heterocycles. The molecule has 0 radical (unpaired) electrons. The van der Waals surface area contributed by atoms with Gasteiger partial charge in [-0.05, 0) is 18.2 Å². The number of amides is 1. The molecule has 0 aliphatic heterocycles. The summed E-state index contributed by atoms with van der Waals surface area (Å²) >= 11 is 6.04. The van der Waals surface area contributed by atoms with Crippen LogP contribution in [0.15, 0.2) is 65.7 Å². The van der Waals surface area contributed by atoms with Crippen molar-refractivity contribution >= 4 is 17.5 Å². The molecule has 3 aromatic rings. The van der Waals surface area contributed by atoms with Crippen molar-refractivity contribution in [3.63, 3.8) is 0 Å². The summed E-state index contributed by atoms with van der Waals surface area (Å²) in [5.41, 5.74) is 1.19. The van der Waals surface area contributed by atoms with Gasteiger partial charge in [0.2, 0.25) is 11.7 Å². The van der Waals surface area contributed by atoms with Crippen molar-refractivity contribution in [2.75, 3.05) is 13.7 Å². The number of halogens is 1. The third-order valence-electron chi connectivity index (χ3n) is 3.85. The lowest BCUT2D eigenvalue weighted by Crippen LogP contribution is -2.31. The van der Waals surface area contributed by atoms with E-state index in [0.717, 1.165) is 5.56 Å². The number of rotatable bonds is 7. The molecule has 7 heteroatoms. The van der Waals surface area contributed by atoms with Crippen LogP contribution in [0.3, 0.4) is 0 Å². The highest BCUT2D eigenvalue weighted by atomic mass is 35.5. The lowest BCUT2D eigenvalue weighted by atomic mass is 10.1. The largest absolute Gasteiger partial charge is 0.496 e. The second kappa shape index (κ2) is 8.51. The van der Waals surface area contributed by atoms with E-state index in [1.54, 1.807) is 24.3 Å². The maximum absolute atomic E-state index is 13.0. The number of carbonyl (C=O) groups excluding carboxylic acids is 1. The molecule has 0 fully saturated rings. The van der Waals surface area contributed by atoms with E-state index in [9.17, 15) is 4.79 Å². The van der Waals surface area contributed by atoms with Crippen molar-refractivity contribution in [1.29, 1.82) is 0 Å². The van der Waals surface area contributed by atoms with Crippen LogP contribution in [-0.4, -0.2) is 34.6 Å². The van der Waals surface area contributed by atoms with Gasteiger partial charge in [-0.3, -0.25) is 4.79 Å². The van der Waals surface area contributed by atoms with Crippen molar-refractivity contribution in [1.82, 2.24) is 15.0 Å². The maximum Gasteiger partial charge on any atom is 0.258 e. The molecule has 0 unspecified atom stereocenters. The zero-order valence-electron chi connectivity index (χ0n) is 14.8. The van der Waals surface area contributed by atoms with Crippen LogP contribution in [0.4, 0.5) is 0 Å². The summed E-state index contributed by atoms with van der Waals surface area (Å²) in [6, 6.07) is 14.4. The zero-order chi connectivity index (χ0) is 19.2. The number of carbonyl (C=O) groups is 1. The Morgan fingerprint density at radius 1 is 1.30 bits per heavy atom. The number of benzene rings is 2. The highest BCUT2D eigenvalue weighted by Crippen LogP contribution is 2.25. The SMILES string of the molecule is C=CCN(Cc1nc(-c2ccccc2)no1)C(=O)c1cc(Cl)ccc1OC. The topological polar surface area (TPSA) is 68.5 Å². The number of hydrogen-bond donors (Lipinski definition) is 0. The fraction of sp³-hybridized carbons (Fsp3) is 0.150. The Morgan fingerprint density at radius 3 is 2.78 bits per heavy atom. The molecule has 0 saturated heterocycles. The standard InChI is InChI=1S/C20H18ClN3O3/c1-3-11-24(20(25)16-12-15(21)9-10-17(16)26-2)13-18-22-19(23-27-18)14-7-5-4-6-8-14/h3-10,12H,1,11,13H2,2H3. The van der Waals surface area contributed by atoms with E-state index < -0.39 is 0 Å². The lowest BCUT2D eigenvalue weighted by molar-refractivity contribution is 0.0742. The van der Waals surface area contributed by atoms with E-state index >= 15 is 0 Å². The molecule has 138 valence electrons. The molecule has 27 heavy (non-hydrogen) atoms. The Labute approximate surface area is 162 Å². The van der Waals surface area contributed by atoms with Gasteiger partial charge in [0.1, 0.15) is 12.3 Å². The smallest absolute Gasteiger partial charge is 0.258 e. The molecular formula is C20H18ClN3O3. The van der Waals surface area contributed by atoms with Gasteiger partial charge in [-0.2, -0.15) is 4.98 Å². The number of ether oxygens (including phenoxy) is 1. The highest BCUT2D eigenvalue weighted by Gasteiger charge is 2.22. The van der Waals surface area contributed by atoms with Crippen molar-refractivity contribution in [2.45, 2.75) is 6.54 Å². The van der Waals surface area contributed by atoms with Crippen LogP contribution in [0.1, 0.15) is 16.2 Å². The molecule has 0 atom stereocenters. The van der Waals surface area contributed by atoms with E-state index in [-0.39, 0.29) is 12.5 Å². The summed E-state index contributed by atoms with van der Waals surface area (Å²) in [5.74, 6) is 0.963. The van der Waals surface area contributed by atoms with Crippen molar-refractivity contribution in [2.24, 2.45) is 0 Å². The molecule has 0 saturated carbocycles. The van der Waals surface area contributed by atoms with Gasteiger partial charge in [-0.1, -0.05) is 53.2 Å².